The Kier molecular flexibility index (Phi) is 4.16. The lowest BCUT2D eigenvalue weighted by atomic mass is 9.85. The van der Waals surface area contributed by atoms with Gasteiger partial charge in [0.1, 0.15) is 5.58 Å². The Balaban J connectivity index is 1.58. The van der Waals surface area contributed by atoms with Crippen LogP contribution in [0.2, 0.25) is 0 Å². The lowest BCUT2D eigenvalue weighted by Crippen LogP contribution is -1.91. The molecule has 0 aliphatic heterocycles. The van der Waals surface area contributed by atoms with E-state index in [0.717, 1.165) is 11.0 Å². The summed E-state index contributed by atoms with van der Waals surface area (Å²) in [5.41, 5.74) is 6.08. The summed E-state index contributed by atoms with van der Waals surface area (Å²) in [5, 5.41) is 8.89. The van der Waals surface area contributed by atoms with E-state index < -0.39 is 0 Å². The topological polar surface area (TPSA) is 13.1 Å². The number of fused-ring (bicyclic) bond motifs is 6. The first-order valence-electron chi connectivity index (χ1n) is 12.2. The molecule has 0 radical (unpaired) electrons. The van der Waals surface area contributed by atoms with E-state index in [-0.39, 0.29) is 0 Å². The summed E-state index contributed by atoms with van der Waals surface area (Å²) >= 11 is 1.84. The Bertz CT molecular complexity index is 2040. The van der Waals surface area contributed by atoms with Crippen LogP contribution in [0.3, 0.4) is 0 Å². The molecule has 2 aromatic heterocycles. The van der Waals surface area contributed by atoms with Gasteiger partial charge in [0.2, 0.25) is 0 Å². The van der Waals surface area contributed by atoms with Crippen LogP contribution in [0.15, 0.2) is 126 Å². The molecule has 0 unspecified atom stereocenters. The predicted molar refractivity (Wildman–Crippen MR) is 155 cm³/mol. The summed E-state index contributed by atoms with van der Waals surface area (Å²) in [4.78, 5) is 0. The van der Waals surface area contributed by atoms with Crippen LogP contribution >= 0.6 is 11.3 Å². The highest BCUT2D eigenvalue weighted by Crippen LogP contribution is 2.48. The van der Waals surface area contributed by atoms with Gasteiger partial charge in [-0.1, -0.05) is 91.0 Å². The molecule has 0 bridgehead atoms. The number of thiophene rings is 1. The first-order valence-corrected chi connectivity index (χ1v) is 13.0. The van der Waals surface area contributed by atoms with Crippen molar-refractivity contribution in [2.24, 2.45) is 0 Å². The van der Waals surface area contributed by atoms with Gasteiger partial charge in [-0.25, -0.2) is 0 Å². The Hall–Kier alpha value is -4.40. The van der Waals surface area contributed by atoms with Crippen molar-refractivity contribution in [3.63, 3.8) is 0 Å². The molecule has 0 atom stereocenters. The van der Waals surface area contributed by atoms with Crippen LogP contribution in [0, 0.1) is 0 Å². The second-order valence-electron chi connectivity index (χ2n) is 9.29. The maximum Gasteiger partial charge on any atom is 0.135 e. The third-order valence-corrected chi connectivity index (χ3v) is 8.45. The molecule has 0 aliphatic carbocycles. The molecule has 6 aromatic carbocycles. The molecule has 0 amide bonds. The zero-order valence-corrected chi connectivity index (χ0v) is 20.2. The van der Waals surface area contributed by atoms with Gasteiger partial charge in [-0.05, 0) is 68.1 Å². The smallest absolute Gasteiger partial charge is 0.135 e. The Morgan fingerprint density at radius 2 is 1.17 bits per heavy atom. The molecule has 168 valence electrons. The molecule has 0 N–H and O–H groups in total. The van der Waals surface area contributed by atoms with Crippen molar-refractivity contribution < 1.29 is 4.42 Å². The molecule has 0 saturated heterocycles. The second kappa shape index (κ2) is 7.55. The van der Waals surface area contributed by atoms with Crippen LogP contribution in [0.5, 0.6) is 0 Å². The third-order valence-electron chi connectivity index (χ3n) is 7.33. The minimum atomic E-state index is 0.943. The average Bonchev–Trinajstić information content (AvgIpc) is 3.54. The molecule has 8 aromatic rings. The zero-order valence-electron chi connectivity index (χ0n) is 19.4. The summed E-state index contributed by atoms with van der Waals surface area (Å²) in [6.07, 6.45) is 1.78. The molecule has 0 fully saturated rings. The minimum Gasteiger partial charge on any atom is -0.464 e. The quantitative estimate of drug-likeness (QED) is 0.226. The normalized spacial score (nSPS) is 11.9. The lowest BCUT2D eigenvalue weighted by Gasteiger charge is -2.18. The first kappa shape index (κ1) is 19.9. The Morgan fingerprint density at radius 1 is 0.500 bits per heavy atom. The van der Waals surface area contributed by atoms with Crippen molar-refractivity contribution >= 4 is 64.0 Å². The van der Waals surface area contributed by atoms with E-state index in [4.69, 9.17) is 4.42 Å². The third kappa shape index (κ3) is 2.76. The molecule has 0 aliphatic rings. The van der Waals surface area contributed by atoms with Crippen LogP contribution in [0.4, 0.5) is 0 Å². The zero-order chi connectivity index (χ0) is 23.6. The van der Waals surface area contributed by atoms with E-state index in [2.05, 4.69) is 115 Å². The predicted octanol–water partition coefficient (Wildman–Crippen LogP) is 10.4. The van der Waals surface area contributed by atoms with Crippen LogP contribution in [-0.2, 0) is 0 Å². The summed E-state index contributed by atoms with van der Waals surface area (Å²) in [6.45, 7) is 0. The van der Waals surface area contributed by atoms with Crippen molar-refractivity contribution in [1.82, 2.24) is 0 Å². The monoisotopic (exact) mass is 476 g/mol. The van der Waals surface area contributed by atoms with E-state index in [0.29, 0.717) is 0 Å². The van der Waals surface area contributed by atoms with Crippen LogP contribution in [0.1, 0.15) is 0 Å². The van der Waals surface area contributed by atoms with Gasteiger partial charge < -0.3 is 4.42 Å². The van der Waals surface area contributed by atoms with Gasteiger partial charge in [0, 0.05) is 25.6 Å². The number of hydrogen-bond acceptors (Lipinski definition) is 2. The van der Waals surface area contributed by atoms with Gasteiger partial charge in [0.05, 0.1) is 6.26 Å². The average molecular weight is 477 g/mol. The van der Waals surface area contributed by atoms with E-state index in [1.807, 2.05) is 11.3 Å². The molecule has 2 heterocycles. The molecular weight excluding hydrogens is 456 g/mol. The second-order valence-corrected chi connectivity index (χ2v) is 10.4. The first-order chi connectivity index (χ1) is 17.9. The highest BCUT2D eigenvalue weighted by atomic mass is 32.1. The number of furan rings is 1. The minimum absolute atomic E-state index is 0.943. The standard InChI is InChI=1S/C34H20OS/c1-2-9-21(10-3-1)32-23-11-4-6-13-25(23)33(26-14-7-5-12-24(26)32)27-15-8-16-30-34(27)28-19-22-17-18-35-29(22)20-31(28)36-30/h1-20H. The van der Waals surface area contributed by atoms with Crippen molar-refractivity contribution in [1.29, 1.82) is 0 Å². The lowest BCUT2D eigenvalue weighted by molar-refractivity contribution is 0.616. The SMILES string of the molecule is c1ccc(-c2c3ccccc3c(-c3cccc4sc5cc6occc6cc5c34)c3ccccc23)cc1. The van der Waals surface area contributed by atoms with E-state index in [9.17, 15) is 0 Å². The number of rotatable bonds is 2. The summed E-state index contributed by atoms with van der Waals surface area (Å²) in [5.74, 6) is 0. The Morgan fingerprint density at radius 3 is 1.89 bits per heavy atom. The highest BCUT2D eigenvalue weighted by Gasteiger charge is 2.19. The molecule has 36 heavy (non-hydrogen) atoms. The van der Waals surface area contributed by atoms with E-state index in [1.165, 1.54) is 64.0 Å². The largest absolute Gasteiger partial charge is 0.464 e. The van der Waals surface area contributed by atoms with Crippen molar-refractivity contribution in [3.8, 4) is 22.3 Å². The molecule has 2 heteroatoms. The van der Waals surface area contributed by atoms with Gasteiger partial charge in [0.25, 0.3) is 0 Å². The maximum absolute atomic E-state index is 5.71. The van der Waals surface area contributed by atoms with Gasteiger partial charge in [0.15, 0.2) is 0 Å². The number of benzene rings is 6. The molecule has 8 rings (SSSR count). The molecule has 0 spiro atoms. The summed E-state index contributed by atoms with van der Waals surface area (Å²) in [6, 6.07) is 41.8. The fourth-order valence-corrected chi connectivity index (χ4v) is 6.97. The van der Waals surface area contributed by atoms with E-state index in [1.54, 1.807) is 6.26 Å². The van der Waals surface area contributed by atoms with Crippen molar-refractivity contribution in [2.75, 3.05) is 0 Å². The number of hydrogen-bond donors (Lipinski definition) is 0. The molecular formula is C34H20OS. The highest BCUT2D eigenvalue weighted by molar-refractivity contribution is 7.26. The van der Waals surface area contributed by atoms with Crippen molar-refractivity contribution in [2.45, 2.75) is 0 Å². The van der Waals surface area contributed by atoms with Gasteiger partial charge >= 0.3 is 0 Å². The van der Waals surface area contributed by atoms with Crippen molar-refractivity contribution in [3.05, 3.63) is 122 Å². The summed E-state index contributed by atoms with van der Waals surface area (Å²) < 4.78 is 8.27. The van der Waals surface area contributed by atoms with Gasteiger partial charge in [-0.2, -0.15) is 0 Å². The Labute approximate surface area is 211 Å². The van der Waals surface area contributed by atoms with Crippen LogP contribution in [-0.4, -0.2) is 0 Å². The molecule has 0 saturated carbocycles. The fraction of sp³-hybridized carbons (Fsp3) is 0. The summed E-state index contributed by atoms with van der Waals surface area (Å²) in [7, 11) is 0. The van der Waals surface area contributed by atoms with Gasteiger partial charge in [-0.15, -0.1) is 11.3 Å². The van der Waals surface area contributed by atoms with Gasteiger partial charge in [-0.3, -0.25) is 0 Å². The fourth-order valence-electron chi connectivity index (χ4n) is 5.83. The van der Waals surface area contributed by atoms with E-state index >= 15 is 0 Å². The van der Waals surface area contributed by atoms with Crippen LogP contribution in [0.25, 0.3) is 74.9 Å². The molecule has 1 nitrogen and oxygen atoms in total. The van der Waals surface area contributed by atoms with Crippen LogP contribution < -0.4 is 0 Å². The maximum atomic E-state index is 5.71.